The zero-order valence-electron chi connectivity index (χ0n) is 11.1. The molecule has 0 aliphatic heterocycles. The smallest absolute Gasteiger partial charge is 0.308 e. The molecule has 0 heterocycles. The Hall–Kier alpha value is -1.06. The van der Waals surface area contributed by atoms with Gasteiger partial charge in [0.25, 0.3) is 0 Å². The van der Waals surface area contributed by atoms with Gasteiger partial charge in [-0.1, -0.05) is 45.0 Å². The molecular formula is C14H22ClNO2. The van der Waals surface area contributed by atoms with Crippen LogP contribution in [-0.4, -0.2) is 17.6 Å². The highest BCUT2D eigenvalue weighted by Crippen LogP contribution is 2.22. The van der Waals surface area contributed by atoms with E-state index in [4.69, 9.17) is 10.8 Å². The minimum atomic E-state index is -0.826. The normalized spacial score (nSPS) is 12.7. The van der Waals surface area contributed by atoms with Crippen molar-refractivity contribution in [1.29, 1.82) is 0 Å². The lowest BCUT2D eigenvalue weighted by molar-refractivity contribution is -0.141. The molecule has 0 radical (unpaired) electrons. The number of benzene rings is 1. The van der Waals surface area contributed by atoms with E-state index in [1.165, 1.54) is 5.56 Å². The summed E-state index contributed by atoms with van der Waals surface area (Å²) in [6.45, 7) is 6.64. The summed E-state index contributed by atoms with van der Waals surface area (Å²) in [4.78, 5) is 10.9. The highest BCUT2D eigenvalue weighted by atomic mass is 35.5. The second kappa shape index (κ2) is 6.76. The maximum atomic E-state index is 10.9. The van der Waals surface area contributed by atoms with Crippen LogP contribution >= 0.6 is 12.4 Å². The summed E-state index contributed by atoms with van der Waals surface area (Å²) in [5, 5.41) is 8.94. The van der Waals surface area contributed by atoms with Crippen molar-refractivity contribution < 1.29 is 9.90 Å². The standard InChI is InChI=1S/C14H21NO2.ClH/c1-14(2,3)12-6-4-10(5-7-12)8-11(9-15)13(16)17;/h4-7,11H,8-9,15H2,1-3H3,(H,16,17);1H/t11-;/m0./s1. The van der Waals surface area contributed by atoms with E-state index in [0.29, 0.717) is 6.42 Å². The minimum Gasteiger partial charge on any atom is -0.481 e. The Balaban J connectivity index is 0.00000289. The van der Waals surface area contributed by atoms with E-state index in [9.17, 15) is 4.79 Å². The maximum Gasteiger partial charge on any atom is 0.308 e. The van der Waals surface area contributed by atoms with E-state index >= 15 is 0 Å². The van der Waals surface area contributed by atoms with Crippen LogP contribution in [0.5, 0.6) is 0 Å². The summed E-state index contributed by atoms with van der Waals surface area (Å²) in [6.07, 6.45) is 0.496. The number of aliphatic carboxylic acids is 1. The fraction of sp³-hybridized carbons (Fsp3) is 0.500. The fourth-order valence-corrected chi connectivity index (χ4v) is 1.70. The molecule has 0 bridgehead atoms. The van der Waals surface area contributed by atoms with Crippen molar-refractivity contribution in [2.24, 2.45) is 11.7 Å². The van der Waals surface area contributed by atoms with Crippen LogP contribution in [0, 0.1) is 5.92 Å². The number of nitrogens with two attached hydrogens (primary N) is 1. The van der Waals surface area contributed by atoms with Gasteiger partial charge in [-0.05, 0) is 23.0 Å². The zero-order valence-corrected chi connectivity index (χ0v) is 12.0. The van der Waals surface area contributed by atoms with Crippen molar-refractivity contribution in [3.63, 3.8) is 0 Å². The summed E-state index contributed by atoms with van der Waals surface area (Å²) >= 11 is 0. The number of carbonyl (C=O) groups is 1. The predicted molar refractivity (Wildman–Crippen MR) is 76.3 cm³/mol. The lowest BCUT2D eigenvalue weighted by atomic mass is 9.86. The molecule has 0 fully saturated rings. The molecule has 0 spiro atoms. The Morgan fingerprint density at radius 2 is 1.78 bits per heavy atom. The quantitative estimate of drug-likeness (QED) is 0.885. The minimum absolute atomic E-state index is 0. The van der Waals surface area contributed by atoms with Gasteiger partial charge in [0.05, 0.1) is 5.92 Å². The molecule has 102 valence electrons. The first-order chi connectivity index (χ1) is 7.84. The Labute approximate surface area is 115 Å². The van der Waals surface area contributed by atoms with Crippen molar-refractivity contribution in [1.82, 2.24) is 0 Å². The van der Waals surface area contributed by atoms with Crippen LogP contribution in [0.15, 0.2) is 24.3 Å². The number of halogens is 1. The van der Waals surface area contributed by atoms with Gasteiger partial charge in [-0.3, -0.25) is 4.79 Å². The molecule has 1 aromatic rings. The van der Waals surface area contributed by atoms with Gasteiger partial charge >= 0.3 is 5.97 Å². The number of carboxylic acid groups (broad SMARTS) is 1. The van der Waals surface area contributed by atoms with E-state index in [0.717, 1.165) is 5.56 Å². The van der Waals surface area contributed by atoms with Crippen LogP contribution in [0.2, 0.25) is 0 Å². The van der Waals surface area contributed by atoms with Gasteiger partial charge in [0, 0.05) is 6.54 Å². The Kier molecular flexibility index (Phi) is 6.36. The van der Waals surface area contributed by atoms with Gasteiger partial charge in [0.2, 0.25) is 0 Å². The van der Waals surface area contributed by atoms with Crippen LogP contribution in [-0.2, 0) is 16.6 Å². The number of hydrogen-bond donors (Lipinski definition) is 2. The molecule has 0 saturated carbocycles. The van der Waals surface area contributed by atoms with Gasteiger partial charge in [0.15, 0.2) is 0 Å². The van der Waals surface area contributed by atoms with Crippen LogP contribution in [0.1, 0.15) is 31.9 Å². The van der Waals surface area contributed by atoms with Crippen LogP contribution in [0.4, 0.5) is 0 Å². The zero-order chi connectivity index (χ0) is 13.1. The topological polar surface area (TPSA) is 63.3 Å². The summed E-state index contributed by atoms with van der Waals surface area (Å²) in [5.74, 6) is -1.32. The van der Waals surface area contributed by atoms with E-state index in [-0.39, 0.29) is 24.4 Å². The number of carboxylic acids is 1. The molecule has 0 aliphatic carbocycles. The van der Waals surface area contributed by atoms with E-state index < -0.39 is 11.9 Å². The summed E-state index contributed by atoms with van der Waals surface area (Å²) in [7, 11) is 0. The second-order valence-corrected chi connectivity index (χ2v) is 5.42. The summed E-state index contributed by atoms with van der Waals surface area (Å²) in [5.41, 5.74) is 7.84. The lowest BCUT2D eigenvalue weighted by Gasteiger charge is -2.19. The largest absolute Gasteiger partial charge is 0.481 e. The van der Waals surface area contributed by atoms with Crippen LogP contribution < -0.4 is 5.73 Å². The first kappa shape index (κ1) is 16.9. The maximum absolute atomic E-state index is 10.9. The van der Waals surface area contributed by atoms with Crippen LogP contribution in [0.3, 0.4) is 0 Å². The average molecular weight is 272 g/mol. The molecule has 0 aliphatic rings. The lowest BCUT2D eigenvalue weighted by Crippen LogP contribution is -2.25. The first-order valence-corrected chi connectivity index (χ1v) is 5.87. The van der Waals surface area contributed by atoms with Crippen molar-refractivity contribution in [3.05, 3.63) is 35.4 Å². The van der Waals surface area contributed by atoms with Crippen LogP contribution in [0.25, 0.3) is 0 Å². The van der Waals surface area contributed by atoms with E-state index in [2.05, 4.69) is 32.9 Å². The third-order valence-electron chi connectivity index (χ3n) is 2.94. The number of hydrogen-bond acceptors (Lipinski definition) is 2. The fourth-order valence-electron chi connectivity index (χ4n) is 1.70. The second-order valence-electron chi connectivity index (χ2n) is 5.42. The average Bonchev–Trinajstić information content (AvgIpc) is 2.25. The Morgan fingerprint density at radius 3 is 2.11 bits per heavy atom. The molecule has 3 nitrogen and oxygen atoms in total. The molecular weight excluding hydrogens is 250 g/mol. The molecule has 0 unspecified atom stereocenters. The van der Waals surface area contributed by atoms with Gasteiger partial charge in [-0.2, -0.15) is 0 Å². The molecule has 1 atom stereocenters. The van der Waals surface area contributed by atoms with E-state index in [1.807, 2.05) is 12.1 Å². The van der Waals surface area contributed by atoms with Gasteiger partial charge in [-0.25, -0.2) is 0 Å². The molecule has 0 amide bonds. The summed E-state index contributed by atoms with van der Waals surface area (Å²) in [6, 6.07) is 8.11. The van der Waals surface area contributed by atoms with Crippen molar-refractivity contribution in [2.75, 3.05) is 6.54 Å². The molecule has 18 heavy (non-hydrogen) atoms. The molecule has 0 aromatic heterocycles. The van der Waals surface area contributed by atoms with Gasteiger partial charge < -0.3 is 10.8 Å². The van der Waals surface area contributed by atoms with Gasteiger partial charge in [0.1, 0.15) is 0 Å². The molecule has 4 heteroatoms. The highest BCUT2D eigenvalue weighted by molar-refractivity contribution is 5.85. The number of rotatable bonds is 4. The molecule has 1 aromatic carbocycles. The van der Waals surface area contributed by atoms with E-state index in [1.54, 1.807) is 0 Å². The van der Waals surface area contributed by atoms with Crippen molar-refractivity contribution >= 4 is 18.4 Å². The Morgan fingerprint density at radius 1 is 1.28 bits per heavy atom. The SMILES string of the molecule is CC(C)(C)c1ccc(C[C@@H](CN)C(=O)O)cc1.Cl. The summed E-state index contributed by atoms with van der Waals surface area (Å²) < 4.78 is 0. The first-order valence-electron chi connectivity index (χ1n) is 5.87. The third-order valence-corrected chi connectivity index (χ3v) is 2.94. The predicted octanol–water partition coefficient (Wildman–Crippen LogP) is 2.61. The highest BCUT2D eigenvalue weighted by Gasteiger charge is 2.17. The molecule has 1 rings (SSSR count). The molecule has 3 N–H and O–H groups in total. The van der Waals surface area contributed by atoms with Crippen molar-refractivity contribution in [3.8, 4) is 0 Å². The third kappa shape index (κ3) is 4.67. The van der Waals surface area contributed by atoms with Gasteiger partial charge in [-0.15, -0.1) is 12.4 Å². The Bertz CT molecular complexity index is 382. The molecule has 0 saturated heterocycles. The monoisotopic (exact) mass is 271 g/mol. The van der Waals surface area contributed by atoms with Crippen molar-refractivity contribution in [2.45, 2.75) is 32.6 Å².